The molecule has 27 heavy (non-hydrogen) atoms. The molecule has 2 amide bonds. The summed E-state index contributed by atoms with van der Waals surface area (Å²) in [5, 5.41) is 3.12. The number of nitrogens with two attached hydrogens (primary N) is 1. The summed E-state index contributed by atoms with van der Waals surface area (Å²) in [5.74, 6) is 0.528. The van der Waals surface area contributed by atoms with Gasteiger partial charge in [0.15, 0.2) is 0 Å². The SMILES string of the molecule is CC(C)C(=O)N(C)Cc1ccc(C(=O)NC(CN)C2CCCCC2)cc1.Cl. The van der Waals surface area contributed by atoms with E-state index in [2.05, 4.69) is 5.32 Å². The van der Waals surface area contributed by atoms with E-state index in [0.29, 0.717) is 24.6 Å². The van der Waals surface area contributed by atoms with Crippen LogP contribution in [0.25, 0.3) is 0 Å². The third-order valence-corrected chi connectivity index (χ3v) is 5.30. The summed E-state index contributed by atoms with van der Waals surface area (Å²) in [4.78, 5) is 26.2. The highest BCUT2D eigenvalue weighted by molar-refractivity contribution is 5.94. The fourth-order valence-electron chi connectivity index (χ4n) is 3.71. The van der Waals surface area contributed by atoms with Gasteiger partial charge in [0.1, 0.15) is 0 Å². The van der Waals surface area contributed by atoms with Gasteiger partial charge in [0, 0.05) is 37.7 Å². The predicted molar refractivity (Wildman–Crippen MR) is 112 cm³/mol. The lowest BCUT2D eigenvalue weighted by atomic mass is 9.84. The third kappa shape index (κ3) is 6.82. The van der Waals surface area contributed by atoms with Gasteiger partial charge in [-0.15, -0.1) is 12.4 Å². The van der Waals surface area contributed by atoms with Gasteiger partial charge in [0.2, 0.25) is 5.91 Å². The molecule has 1 saturated carbocycles. The van der Waals surface area contributed by atoms with Crippen molar-refractivity contribution in [2.75, 3.05) is 13.6 Å². The minimum Gasteiger partial charge on any atom is -0.348 e. The summed E-state index contributed by atoms with van der Waals surface area (Å²) in [7, 11) is 1.80. The molecular formula is C21H34ClN3O2. The molecule has 152 valence electrons. The van der Waals surface area contributed by atoms with E-state index in [9.17, 15) is 9.59 Å². The zero-order valence-electron chi connectivity index (χ0n) is 16.7. The smallest absolute Gasteiger partial charge is 0.251 e. The molecule has 3 N–H and O–H groups in total. The molecule has 0 aliphatic heterocycles. The van der Waals surface area contributed by atoms with Gasteiger partial charge < -0.3 is 16.0 Å². The number of halogens is 1. The first-order valence-electron chi connectivity index (χ1n) is 9.77. The molecule has 0 aromatic heterocycles. The number of nitrogens with one attached hydrogen (secondary N) is 1. The van der Waals surface area contributed by atoms with Gasteiger partial charge in [-0.1, -0.05) is 45.2 Å². The second-order valence-corrected chi connectivity index (χ2v) is 7.76. The van der Waals surface area contributed by atoms with E-state index >= 15 is 0 Å². The summed E-state index contributed by atoms with van der Waals surface area (Å²) in [6.07, 6.45) is 6.05. The third-order valence-electron chi connectivity index (χ3n) is 5.30. The van der Waals surface area contributed by atoms with E-state index in [1.807, 2.05) is 38.1 Å². The molecule has 5 nitrogen and oxygen atoms in total. The molecule has 1 atom stereocenters. The predicted octanol–water partition coefficient (Wildman–Crippen LogP) is 3.36. The molecule has 0 bridgehead atoms. The minimum absolute atomic E-state index is 0. The molecule has 0 radical (unpaired) electrons. The van der Waals surface area contributed by atoms with Gasteiger partial charge in [0.05, 0.1) is 0 Å². The van der Waals surface area contributed by atoms with Gasteiger partial charge in [0.25, 0.3) is 5.91 Å². The van der Waals surface area contributed by atoms with Gasteiger partial charge in [-0.3, -0.25) is 9.59 Å². The van der Waals surface area contributed by atoms with Crippen LogP contribution in [0, 0.1) is 11.8 Å². The van der Waals surface area contributed by atoms with E-state index in [-0.39, 0.29) is 36.2 Å². The molecule has 1 aliphatic carbocycles. The van der Waals surface area contributed by atoms with Gasteiger partial charge in [-0.2, -0.15) is 0 Å². The Morgan fingerprint density at radius 2 is 1.74 bits per heavy atom. The summed E-state index contributed by atoms with van der Waals surface area (Å²) < 4.78 is 0. The number of carbonyl (C=O) groups excluding carboxylic acids is 2. The number of rotatable bonds is 7. The molecule has 1 fully saturated rings. The Morgan fingerprint density at radius 3 is 2.26 bits per heavy atom. The van der Waals surface area contributed by atoms with Crippen molar-refractivity contribution in [3.63, 3.8) is 0 Å². The Bertz CT molecular complexity index is 598. The number of carbonyl (C=O) groups is 2. The van der Waals surface area contributed by atoms with Crippen molar-refractivity contribution in [1.29, 1.82) is 0 Å². The number of hydrogen-bond acceptors (Lipinski definition) is 3. The zero-order valence-corrected chi connectivity index (χ0v) is 17.6. The maximum Gasteiger partial charge on any atom is 0.251 e. The summed E-state index contributed by atoms with van der Waals surface area (Å²) >= 11 is 0. The van der Waals surface area contributed by atoms with Crippen LogP contribution in [0.5, 0.6) is 0 Å². The molecule has 1 aromatic carbocycles. The van der Waals surface area contributed by atoms with Crippen molar-refractivity contribution in [2.24, 2.45) is 17.6 Å². The van der Waals surface area contributed by atoms with E-state index in [1.165, 1.54) is 19.3 Å². The van der Waals surface area contributed by atoms with E-state index < -0.39 is 0 Å². The topological polar surface area (TPSA) is 75.4 Å². The molecule has 0 saturated heterocycles. The van der Waals surface area contributed by atoms with E-state index in [1.54, 1.807) is 11.9 Å². The van der Waals surface area contributed by atoms with Crippen LogP contribution in [-0.4, -0.2) is 36.3 Å². The maximum absolute atomic E-state index is 12.6. The molecule has 0 spiro atoms. The molecule has 1 aliphatic rings. The summed E-state index contributed by atoms with van der Waals surface area (Å²) in [6, 6.07) is 7.53. The van der Waals surface area contributed by atoms with Crippen LogP contribution in [0.4, 0.5) is 0 Å². The van der Waals surface area contributed by atoms with Gasteiger partial charge >= 0.3 is 0 Å². The van der Waals surface area contributed by atoms with Crippen molar-refractivity contribution < 1.29 is 9.59 Å². The second-order valence-electron chi connectivity index (χ2n) is 7.76. The number of benzene rings is 1. The van der Waals surface area contributed by atoms with Crippen molar-refractivity contribution in [3.05, 3.63) is 35.4 Å². The lowest BCUT2D eigenvalue weighted by Gasteiger charge is -2.30. The summed E-state index contributed by atoms with van der Waals surface area (Å²) in [6.45, 7) is 4.82. The fraction of sp³-hybridized carbons (Fsp3) is 0.619. The van der Waals surface area contributed by atoms with Crippen LogP contribution in [0.15, 0.2) is 24.3 Å². The van der Waals surface area contributed by atoms with Gasteiger partial charge in [-0.25, -0.2) is 0 Å². The zero-order chi connectivity index (χ0) is 19.1. The molecule has 1 unspecified atom stereocenters. The van der Waals surface area contributed by atoms with Crippen LogP contribution >= 0.6 is 12.4 Å². The van der Waals surface area contributed by atoms with Crippen LogP contribution in [0.3, 0.4) is 0 Å². The fourth-order valence-corrected chi connectivity index (χ4v) is 3.71. The Morgan fingerprint density at radius 1 is 1.15 bits per heavy atom. The lowest BCUT2D eigenvalue weighted by Crippen LogP contribution is -2.45. The molecule has 2 rings (SSSR count). The van der Waals surface area contributed by atoms with Crippen molar-refractivity contribution in [1.82, 2.24) is 10.2 Å². The first-order valence-corrected chi connectivity index (χ1v) is 9.77. The molecule has 1 aromatic rings. The Hall–Kier alpha value is -1.59. The first kappa shape index (κ1) is 23.4. The lowest BCUT2D eigenvalue weighted by molar-refractivity contribution is -0.133. The highest BCUT2D eigenvalue weighted by Gasteiger charge is 2.24. The standard InChI is InChI=1S/C21H33N3O2.ClH/c1-15(2)21(26)24(3)14-16-9-11-18(12-10-16)20(25)23-19(13-22)17-7-5-4-6-8-17;/h9-12,15,17,19H,4-8,13-14,22H2,1-3H3,(H,23,25);1H. The highest BCUT2D eigenvalue weighted by Crippen LogP contribution is 2.26. The summed E-state index contributed by atoms with van der Waals surface area (Å²) in [5.41, 5.74) is 7.56. The van der Waals surface area contributed by atoms with E-state index in [4.69, 9.17) is 5.73 Å². The minimum atomic E-state index is -0.0656. The van der Waals surface area contributed by atoms with Crippen molar-refractivity contribution in [3.8, 4) is 0 Å². The number of hydrogen-bond donors (Lipinski definition) is 2. The van der Waals surface area contributed by atoms with Crippen LogP contribution in [0.1, 0.15) is 61.9 Å². The Balaban J connectivity index is 0.00000364. The quantitative estimate of drug-likeness (QED) is 0.743. The average Bonchev–Trinajstić information content (AvgIpc) is 2.66. The average molecular weight is 396 g/mol. The van der Waals surface area contributed by atoms with Crippen LogP contribution < -0.4 is 11.1 Å². The Kier molecular flexibility index (Phi) is 9.81. The number of nitrogens with zero attached hydrogens (tertiary/aromatic N) is 1. The maximum atomic E-state index is 12.6. The molecule has 6 heteroatoms. The van der Waals surface area contributed by atoms with Crippen molar-refractivity contribution in [2.45, 2.75) is 58.5 Å². The van der Waals surface area contributed by atoms with Gasteiger partial charge in [-0.05, 0) is 36.5 Å². The second kappa shape index (κ2) is 11.3. The molecule has 0 heterocycles. The largest absolute Gasteiger partial charge is 0.348 e. The van der Waals surface area contributed by atoms with E-state index in [0.717, 1.165) is 18.4 Å². The Labute approximate surface area is 169 Å². The van der Waals surface area contributed by atoms with Crippen LogP contribution in [-0.2, 0) is 11.3 Å². The monoisotopic (exact) mass is 395 g/mol. The molecular weight excluding hydrogens is 362 g/mol. The van der Waals surface area contributed by atoms with Crippen molar-refractivity contribution >= 4 is 24.2 Å². The highest BCUT2D eigenvalue weighted by atomic mass is 35.5. The number of amides is 2. The first-order chi connectivity index (χ1) is 12.4. The normalized spacial score (nSPS) is 15.7. The van der Waals surface area contributed by atoms with Crippen LogP contribution in [0.2, 0.25) is 0 Å².